The number of rotatable bonds is 5. The molecule has 0 amide bonds. The Morgan fingerprint density at radius 3 is 2.96 bits per heavy atom. The highest BCUT2D eigenvalue weighted by Gasteiger charge is 2.17. The van der Waals surface area contributed by atoms with Gasteiger partial charge >= 0.3 is 5.97 Å². The summed E-state index contributed by atoms with van der Waals surface area (Å²) in [4.78, 5) is 13.0. The summed E-state index contributed by atoms with van der Waals surface area (Å²) in [6.07, 6.45) is 1.42. The number of carbonyl (C=O) groups excluding carboxylic acids is 1. The summed E-state index contributed by atoms with van der Waals surface area (Å²) in [6, 6.07) is 9.03. The number of ether oxygens (including phenoxy) is 2. The van der Waals surface area contributed by atoms with Crippen LogP contribution in [-0.4, -0.2) is 40.4 Å². The highest BCUT2D eigenvalue weighted by atomic mass is 16.5. The first-order valence-electron chi connectivity index (χ1n) is 6.78. The molecule has 1 aromatic carbocycles. The quantitative estimate of drug-likeness (QED) is 0.663. The standard InChI is InChI=1S/C15H14N4O4/c1-21-12-5-3-4-10(8-12)14-16-18-19(17-14)9-11-6-7-23-13(11)15(20)22-2/h3-8H,9H2,1-2H3. The fourth-order valence-corrected chi connectivity index (χ4v) is 2.07. The van der Waals surface area contributed by atoms with Crippen LogP contribution >= 0.6 is 0 Å². The van der Waals surface area contributed by atoms with E-state index in [4.69, 9.17) is 9.15 Å². The Kier molecular flexibility index (Phi) is 4.05. The lowest BCUT2D eigenvalue weighted by molar-refractivity contribution is 0.0563. The Bertz CT molecular complexity index is 824. The van der Waals surface area contributed by atoms with Crippen molar-refractivity contribution in [2.45, 2.75) is 6.54 Å². The van der Waals surface area contributed by atoms with E-state index in [1.807, 2.05) is 24.3 Å². The van der Waals surface area contributed by atoms with Gasteiger partial charge in [-0.1, -0.05) is 12.1 Å². The molecule has 0 aliphatic carbocycles. The predicted molar refractivity (Wildman–Crippen MR) is 79.0 cm³/mol. The van der Waals surface area contributed by atoms with Crippen molar-refractivity contribution in [3.05, 3.63) is 47.9 Å². The number of aromatic nitrogens is 4. The molecule has 0 atom stereocenters. The summed E-state index contributed by atoms with van der Waals surface area (Å²) in [6.45, 7) is 0.248. The predicted octanol–water partition coefficient (Wildman–Crippen LogP) is 1.78. The molecule has 0 saturated carbocycles. The molecule has 8 heteroatoms. The summed E-state index contributed by atoms with van der Waals surface area (Å²) in [7, 11) is 2.89. The molecule has 2 aromatic heterocycles. The Morgan fingerprint density at radius 2 is 2.17 bits per heavy atom. The van der Waals surface area contributed by atoms with Gasteiger partial charge in [0, 0.05) is 11.1 Å². The number of esters is 1. The van der Waals surface area contributed by atoms with Gasteiger partial charge in [-0.15, -0.1) is 10.2 Å². The largest absolute Gasteiger partial charge is 0.497 e. The van der Waals surface area contributed by atoms with Gasteiger partial charge in [0.15, 0.2) is 0 Å². The normalized spacial score (nSPS) is 10.5. The SMILES string of the molecule is COC(=O)c1occc1Cn1nnc(-c2cccc(OC)c2)n1. The maximum Gasteiger partial charge on any atom is 0.374 e. The fraction of sp³-hybridized carbons (Fsp3) is 0.200. The van der Waals surface area contributed by atoms with Gasteiger partial charge in [-0.25, -0.2) is 4.79 Å². The molecular formula is C15H14N4O4. The monoisotopic (exact) mass is 314 g/mol. The smallest absolute Gasteiger partial charge is 0.374 e. The van der Waals surface area contributed by atoms with E-state index in [0.717, 1.165) is 5.56 Å². The van der Waals surface area contributed by atoms with Crippen LogP contribution in [0.4, 0.5) is 0 Å². The number of nitrogens with zero attached hydrogens (tertiary/aromatic N) is 4. The topological polar surface area (TPSA) is 92.3 Å². The van der Waals surface area contributed by atoms with Crippen LogP contribution in [0.5, 0.6) is 5.75 Å². The Morgan fingerprint density at radius 1 is 1.30 bits per heavy atom. The van der Waals surface area contributed by atoms with Crippen molar-refractivity contribution in [2.24, 2.45) is 0 Å². The van der Waals surface area contributed by atoms with E-state index in [1.165, 1.54) is 18.2 Å². The zero-order valence-electron chi connectivity index (χ0n) is 12.6. The molecule has 0 aliphatic heterocycles. The van der Waals surface area contributed by atoms with E-state index in [2.05, 4.69) is 20.1 Å². The average Bonchev–Trinajstić information content (AvgIpc) is 3.24. The molecule has 3 rings (SSSR count). The zero-order chi connectivity index (χ0) is 16.2. The first kappa shape index (κ1) is 14.8. The number of hydrogen-bond donors (Lipinski definition) is 0. The van der Waals surface area contributed by atoms with E-state index in [9.17, 15) is 4.79 Å². The van der Waals surface area contributed by atoms with Crippen molar-refractivity contribution in [2.75, 3.05) is 14.2 Å². The summed E-state index contributed by atoms with van der Waals surface area (Å²) in [5.74, 6) is 0.763. The molecule has 118 valence electrons. The van der Waals surface area contributed by atoms with Crippen LogP contribution in [0.2, 0.25) is 0 Å². The molecule has 0 radical (unpaired) electrons. The first-order chi connectivity index (χ1) is 11.2. The van der Waals surface area contributed by atoms with Crippen LogP contribution in [0.3, 0.4) is 0 Å². The number of carbonyl (C=O) groups is 1. The summed E-state index contributed by atoms with van der Waals surface area (Å²) < 4.78 is 15.0. The van der Waals surface area contributed by atoms with Crippen LogP contribution in [0.15, 0.2) is 41.0 Å². The molecule has 2 heterocycles. The van der Waals surface area contributed by atoms with Gasteiger partial charge in [-0.3, -0.25) is 0 Å². The summed E-state index contributed by atoms with van der Waals surface area (Å²) >= 11 is 0. The van der Waals surface area contributed by atoms with Crippen molar-refractivity contribution in [1.82, 2.24) is 20.2 Å². The zero-order valence-corrected chi connectivity index (χ0v) is 12.6. The number of methoxy groups -OCH3 is 2. The second kappa shape index (κ2) is 6.30. The van der Waals surface area contributed by atoms with Crippen molar-refractivity contribution >= 4 is 5.97 Å². The lowest BCUT2D eigenvalue weighted by Crippen LogP contribution is -2.09. The second-order valence-electron chi connectivity index (χ2n) is 4.64. The van der Waals surface area contributed by atoms with Gasteiger partial charge < -0.3 is 13.9 Å². The lowest BCUT2D eigenvalue weighted by Gasteiger charge is -2.01. The maximum absolute atomic E-state index is 11.6. The molecule has 8 nitrogen and oxygen atoms in total. The van der Waals surface area contributed by atoms with Crippen molar-refractivity contribution in [1.29, 1.82) is 0 Å². The van der Waals surface area contributed by atoms with Gasteiger partial charge in [0.2, 0.25) is 11.6 Å². The molecule has 0 spiro atoms. The number of benzene rings is 1. The van der Waals surface area contributed by atoms with Crippen LogP contribution < -0.4 is 4.74 Å². The summed E-state index contributed by atoms with van der Waals surface area (Å²) in [5.41, 5.74) is 1.41. The van der Waals surface area contributed by atoms with Crippen molar-refractivity contribution in [3.8, 4) is 17.1 Å². The minimum absolute atomic E-state index is 0.132. The van der Waals surface area contributed by atoms with Gasteiger partial charge in [-0.2, -0.15) is 4.80 Å². The first-order valence-corrected chi connectivity index (χ1v) is 6.78. The Labute approximate surface area is 131 Å². The third-order valence-electron chi connectivity index (χ3n) is 3.21. The van der Waals surface area contributed by atoms with Gasteiger partial charge in [-0.05, 0) is 23.4 Å². The molecule has 0 bridgehead atoms. The number of hydrogen-bond acceptors (Lipinski definition) is 7. The highest BCUT2D eigenvalue weighted by molar-refractivity contribution is 5.87. The Balaban J connectivity index is 1.82. The Hall–Kier alpha value is -3.16. The molecule has 0 fully saturated rings. The molecule has 0 N–H and O–H groups in total. The molecule has 23 heavy (non-hydrogen) atoms. The third-order valence-corrected chi connectivity index (χ3v) is 3.21. The van der Waals surface area contributed by atoms with Gasteiger partial charge in [0.25, 0.3) is 0 Å². The van der Waals surface area contributed by atoms with Crippen molar-refractivity contribution in [3.63, 3.8) is 0 Å². The van der Waals surface area contributed by atoms with Crippen LogP contribution in [-0.2, 0) is 11.3 Å². The van der Waals surface area contributed by atoms with E-state index >= 15 is 0 Å². The maximum atomic E-state index is 11.6. The second-order valence-corrected chi connectivity index (χ2v) is 4.64. The van der Waals surface area contributed by atoms with Crippen LogP contribution in [0.25, 0.3) is 11.4 Å². The number of furan rings is 1. The molecular weight excluding hydrogens is 300 g/mol. The summed E-state index contributed by atoms with van der Waals surface area (Å²) in [5, 5.41) is 12.3. The van der Waals surface area contributed by atoms with Gasteiger partial charge in [0.05, 0.1) is 27.0 Å². The fourth-order valence-electron chi connectivity index (χ4n) is 2.07. The third kappa shape index (κ3) is 3.05. The van der Waals surface area contributed by atoms with E-state index in [0.29, 0.717) is 17.1 Å². The highest BCUT2D eigenvalue weighted by Crippen LogP contribution is 2.20. The minimum Gasteiger partial charge on any atom is -0.497 e. The van der Waals surface area contributed by atoms with E-state index < -0.39 is 5.97 Å². The van der Waals surface area contributed by atoms with Crippen LogP contribution in [0.1, 0.15) is 16.1 Å². The molecule has 0 saturated heterocycles. The van der Waals surface area contributed by atoms with E-state index in [-0.39, 0.29) is 12.3 Å². The van der Waals surface area contributed by atoms with Gasteiger partial charge in [0.1, 0.15) is 5.75 Å². The van der Waals surface area contributed by atoms with E-state index in [1.54, 1.807) is 13.2 Å². The number of tetrazole rings is 1. The molecule has 0 unspecified atom stereocenters. The van der Waals surface area contributed by atoms with Crippen LogP contribution in [0, 0.1) is 0 Å². The molecule has 0 aliphatic rings. The lowest BCUT2D eigenvalue weighted by atomic mass is 10.2. The van der Waals surface area contributed by atoms with Crippen molar-refractivity contribution < 1.29 is 18.7 Å². The minimum atomic E-state index is -0.543. The molecule has 3 aromatic rings. The average molecular weight is 314 g/mol.